The van der Waals surface area contributed by atoms with E-state index in [-0.39, 0.29) is 5.97 Å². The Kier molecular flexibility index (Phi) is 3.52. The van der Waals surface area contributed by atoms with Crippen molar-refractivity contribution >= 4 is 17.3 Å². The Bertz CT molecular complexity index is 682. The lowest BCUT2D eigenvalue weighted by molar-refractivity contribution is 0.0601. The van der Waals surface area contributed by atoms with Gasteiger partial charge in [-0.15, -0.1) is 0 Å². The summed E-state index contributed by atoms with van der Waals surface area (Å²) in [6.45, 7) is 1.68. The first-order valence-electron chi connectivity index (χ1n) is 6.98. The van der Waals surface area contributed by atoms with Crippen molar-refractivity contribution in [1.82, 2.24) is 0 Å². The van der Waals surface area contributed by atoms with Gasteiger partial charge in [-0.3, -0.25) is 0 Å². The zero-order valence-corrected chi connectivity index (χ0v) is 12.0. The number of carbonyl (C=O) groups excluding carboxylic acids is 1. The number of ether oxygens (including phenoxy) is 1. The van der Waals surface area contributed by atoms with Crippen LogP contribution in [0.2, 0.25) is 0 Å². The van der Waals surface area contributed by atoms with Gasteiger partial charge in [0.15, 0.2) is 0 Å². The summed E-state index contributed by atoms with van der Waals surface area (Å²) in [6, 6.07) is 13.8. The van der Waals surface area contributed by atoms with Gasteiger partial charge in [0.2, 0.25) is 0 Å². The molecule has 0 amide bonds. The minimum Gasteiger partial charge on any atom is -0.465 e. The molecule has 0 fully saturated rings. The van der Waals surface area contributed by atoms with E-state index in [2.05, 4.69) is 23.1 Å². The normalized spacial score (nSPS) is 13.7. The molecule has 0 saturated heterocycles. The summed E-state index contributed by atoms with van der Waals surface area (Å²) in [7, 11) is 1.39. The highest BCUT2D eigenvalue weighted by Gasteiger charge is 2.21. The second-order valence-electron chi connectivity index (χ2n) is 5.21. The van der Waals surface area contributed by atoms with Gasteiger partial charge in [0, 0.05) is 18.8 Å². The molecule has 3 rings (SSSR count). The molecule has 21 heavy (non-hydrogen) atoms. The van der Waals surface area contributed by atoms with Gasteiger partial charge in [-0.2, -0.15) is 0 Å². The summed E-state index contributed by atoms with van der Waals surface area (Å²) in [4.78, 5) is 14.2. The van der Waals surface area contributed by atoms with Crippen LogP contribution in [-0.2, 0) is 17.7 Å². The molecule has 0 bridgehead atoms. The number of esters is 1. The standard InChI is InChI=1S/C17H18N2O2/c1-21-17(20)15-10-14(18)6-7-16(15)19-9-8-12-4-2-3-5-13(12)11-19/h2-7,10H,8-9,11,18H2,1H3. The summed E-state index contributed by atoms with van der Waals surface area (Å²) in [5.41, 5.74) is 10.5. The van der Waals surface area contributed by atoms with Gasteiger partial charge >= 0.3 is 5.97 Å². The maximum atomic E-state index is 12.0. The van der Waals surface area contributed by atoms with E-state index in [0.29, 0.717) is 11.3 Å². The summed E-state index contributed by atoms with van der Waals surface area (Å²) in [5, 5.41) is 0. The second kappa shape index (κ2) is 5.48. The third-order valence-corrected chi connectivity index (χ3v) is 3.90. The molecule has 4 nitrogen and oxygen atoms in total. The predicted molar refractivity (Wildman–Crippen MR) is 83.4 cm³/mol. The minimum absolute atomic E-state index is 0.351. The van der Waals surface area contributed by atoms with Crippen LogP contribution < -0.4 is 10.6 Å². The number of nitrogens with two attached hydrogens (primary N) is 1. The Morgan fingerprint density at radius 2 is 1.95 bits per heavy atom. The molecule has 0 saturated carbocycles. The lowest BCUT2D eigenvalue weighted by Gasteiger charge is -2.31. The molecule has 1 aliphatic rings. The summed E-state index contributed by atoms with van der Waals surface area (Å²) >= 11 is 0. The molecule has 0 unspecified atom stereocenters. The van der Waals surface area contributed by atoms with Crippen LogP contribution in [0, 0.1) is 0 Å². The number of fused-ring (bicyclic) bond motifs is 1. The summed E-state index contributed by atoms with van der Waals surface area (Å²) < 4.78 is 4.87. The minimum atomic E-state index is -0.351. The molecule has 0 atom stereocenters. The van der Waals surface area contributed by atoms with E-state index in [0.717, 1.165) is 25.2 Å². The Hall–Kier alpha value is -2.49. The zero-order chi connectivity index (χ0) is 14.8. The van der Waals surface area contributed by atoms with Gasteiger partial charge in [-0.1, -0.05) is 24.3 Å². The lowest BCUT2D eigenvalue weighted by atomic mass is 9.98. The third-order valence-electron chi connectivity index (χ3n) is 3.90. The predicted octanol–water partition coefficient (Wildman–Crippen LogP) is 2.62. The molecule has 2 N–H and O–H groups in total. The van der Waals surface area contributed by atoms with Crippen LogP contribution in [0.25, 0.3) is 0 Å². The van der Waals surface area contributed by atoms with Crippen LogP contribution in [0.4, 0.5) is 11.4 Å². The summed E-state index contributed by atoms with van der Waals surface area (Å²) in [5.74, 6) is -0.351. The molecule has 0 aliphatic carbocycles. The van der Waals surface area contributed by atoms with Crippen molar-refractivity contribution in [3.05, 3.63) is 59.2 Å². The third kappa shape index (κ3) is 2.57. The first kappa shape index (κ1) is 13.5. The number of rotatable bonds is 2. The number of hydrogen-bond donors (Lipinski definition) is 1. The highest BCUT2D eigenvalue weighted by atomic mass is 16.5. The van der Waals surface area contributed by atoms with Crippen LogP contribution in [-0.4, -0.2) is 19.6 Å². The quantitative estimate of drug-likeness (QED) is 0.679. The van der Waals surface area contributed by atoms with E-state index in [1.807, 2.05) is 18.2 Å². The Morgan fingerprint density at radius 1 is 1.19 bits per heavy atom. The van der Waals surface area contributed by atoms with E-state index < -0.39 is 0 Å². The largest absolute Gasteiger partial charge is 0.465 e. The average Bonchev–Trinajstić information content (AvgIpc) is 2.53. The number of methoxy groups -OCH3 is 1. The van der Waals surface area contributed by atoms with Crippen molar-refractivity contribution in [3.8, 4) is 0 Å². The monoisotopic (exact) mass is 282 g/mol. The average molecular weight is 282 g/mol. The van der Waals surface area contributed by atoms with Crippen LogP contribution >= 0.6 is 0 Å². The second-order valence-corrected chi connectivity index (χ2v) is 5.21. The smallest absolute Gasteiger partial charge is 0.340 e. The van der Waals surface area contributed by atoms with Gasteiger partial charge < -0.3 is 15.4 Å². The van der Waals surface area contributed by atoms with Crippen molar-refractivity contribution in [3.63, 3.8) is 0 Å². The molecule has 0 aromatic heterocycles. The fourth-order valence-corrected chi connectivity index (χ4v) is 2.80. The van der Waals surface area contributed by atoms with Gasteiger partial charge in [0.05, 0.1) is 18.4 Å². The van der Waals surface area contributed by atoms with Crippen LogP contribution in [0.15, 0.2) is 42.5 Å². The number of carbonyl (C=O) groups is 1. The molecule has 0 spiro atoms. The molecule has 1 aliphatic heterocycles. The van der Waals surface area contributed by atoms with E-state index in [9.17, 15) is 4.79 Å². The number of nitrogen functional groups attached to an aromatic ring is 1. The number of benzene rings is 2. The molecule has 2 aromatic carbocycles. The molecular weight excluding hydrogens is 264 g/mol. The Morgan fingerprint density at radius 3 is 2.71 bits per heavy atom. The first-order chi connectivity index (χ1) is 10.2. The summed E-state index contributed by atoms with van der Waals surface area (Å²) in [6.07, 6.45) is 0.973. The van der Waals surface area contributed by atoms with Gasteiger partial charge in [-0.25, -0.2) is 4.79 Å². The SMILES string of the molecule is COC(=O)c1cc(N)ccc1N1CCc2ccccc2C1. The molecule has 0 radical (unpaired) electrons. The molecule has 2 aromatic rings. The fraction of sp³-hybridized carbons (Fsp3) is 0.235. The van der Waals surface area contributed by atoms with Crippen molar-refractivity contribution in [2.24, 2.45) is 0 Å². The van der Waals surface area contributed by atoms with Crippen molar-refractivity contribution in [2.45, 2.75) is 13.0 Å². The topological polar surface area (TPSA) is 55.6 Å². The van der Waals surface area contributed by atoms with Crippen molar-refractivity contribution in [2.75, 3.05) is 24.3 Å². The van der Waals surface area contributed by atoms with Gasteiger partial charge in [-0.05, 0) is 35.7 Å². The number of nitrogens with zero attached hydrogens (tertiary/aromatic N) is 1. The fourth-order valence-electron chi connectivity index (χ4n) is 2.80. The van der Waals surface area contributed by atoms with Gasteiger partial charge in [0.25, 0.3) is 0 Å². The van der Waals surface area contributed by atoms with E-state index in [4.69, 9.17) is 10.5 Å². The molecule has 4 heteroatoms. The Balaban J connectivity index is 1.97. The number of hydrogen-bond acceptors (Lipinski definition) is 4. The maximum absolute atomic E-state index is 12.0. The van der Waals surface area contributed by atoms with Crippen molar-refractivity contribution in [1.29, 1.82) is 0 Å². The van der Waals surface area contributed by atoms with Crippen LogP contribution in [0.5, 0.6) is 0 Å². The molecular formula is C17H18N2O2. The van der Waals surface area contributed by atoms with Crippen LogP contribution in [0.1, 0.15) is 21.5 Å². The van der Waals surface area contributed by atoms with E-state index in [1.54, 1.807) is 6.07 Å². The Labute approximate surface area is 124 Å². The maximum Gasteiger partial charge on any atom is 0.340 e. The highest BCUT2D eigenvalue weighted by Crippen LogP contribution is 2.29. The van der Waals surface area contributed by atoms with E-state index in [1.165, 1.54) is 18.2 Å². The number of anilines is 2. The first-order valence-corrected chi connectivity index (χ1v) is 6.98. The van der Waals surface area contributed by atoms with E-state index >= 15 is 0 Å². The lowest BCUT2D eigenvalue weighted by Crippen LogP contribution is -2.31. The molecule has 1 heterocycles. The van der Waals surface area contributed by atoms with Crippen LogP contribution in [0.3, 0.4) is 0 Å². The molecule has 108 valence electrons. The van der Waals surface area contributed by atoms with Gasteiger partial charge in [0.1, 0.15) is 0 Å². The highest BCUT2D eigenvalue weighted by molar-refractivity contribution is 5.97. The van der Waals surface area contributed by atoms with Crippen molar-refractivity contribution < 1.29 is 9.53 Å². The zero-order valence-electron chi connectivity index (χ0n) is 12.0.